The Labute approximate surface area is 178 Å². The van der Waals surface area contributed by atoms with Crippen LogP contribution in [0.15, 0.2) is 42.5 Å². The fourth-order valence-corrected chi connectivity index (χ4v) is 3.36. The number of hydrogen-bond acceptors (Lipinski definition) is 4. The van der Waals surface area contributed by atoms with E-state index < -0.39 is 0 Å². The average Bonchev–Trinajstić information content (AvgIpc) is 2.72. The number of nitrogens with one attached hydrogen (secondary N) is 1. The Kier molecular flexibility index (Phi) is 6.77. The SMILES string of the molecule is COCCCNC(=O)c1cccc(CN2C(=O)COc3ccc(C(C)(C)C)cc32)c1. The fourth-order valence-electron chi connectivity index (χ4n) is 3.36. The van der Waals surface area contributed by atoms with Gasteiger partial charge in [0.2, 0.25) is 0 Å². The number of amides is 2. The molecule has 0 unspecified atom stereocenters. The highest BCUT2D eigenvalue weighted by Crippen LogP contribution is 2.37. The van der Waals surface area contributed by atoms with Crippen molar-refractivity contribution in [3.05, 3.63) is 59.2 Å². The third-order valence-corrected chi connectivity index (χ3v) is 5.11. The molecule has 0 bridgehead atoms. The number of carbonyl (C=O) groups excluding carboxylic acids is 2. The normalized spacial score (nSPS) is 13.6. The van der Waals surface area contributed by atoms with Crippen LogP contribution in [0.1, 0.15) is 48.7 Å². The number of anilines is 1. The molecule has 6 heteroatoms. The summed E-state index contributed by atoms with van der Waals surface area (Å²) in [5.74, 6) is 0.481. The van der Waals surface area contributed by atoms with Gasteiger partial charge in [0, 0.05) is 25.8 Å². The molecule has 6 nitrogen and oxygen atoms in total. The van der Waals surface area contributed by atoms with Crippen LogP contribution in [0.5, 0.6) is 5.75 Å². The zero-order valence-electron chi connectivity index (χ0n) is 18.2. The van der Waals surface area contributed by atoms with E-state index in [0.29, 0.717) is 31.0 Å². The van der Waals surface area contributed by atoms with E-state index in [0.717, 1.165) is 23.2 Å². The molecule has 2 aromatic carbocycles. The van der Waals surface area contributed by atoms with E-state index in [-0.39, 0.29) is 23.8 Å². The van der Waals surface area contributed by atoms with E-state index in [1.807, 2.05) is 36.4 Å². The van der Waals surface area contributed by atoms with Crippen molar-refractivity contribution in [3.8, 4) is 5.75 Å². The van der Waals surface area contributed by atoms with Gasteiger partial charge in [0.1, 0.15) is 5.75 Å². The van der Waals surface area contributed by atoms with Crippen LogP contribution in [-0.4, -0.2) is 38.7 Å². The number of benzene rings is 2. The third-order valence-electron chi connectivity index (χ3n) is 5.11. The minimum Gasteiger partial charge on any atom is -0.482 e. The maximum absolute atomic E-state index is 12.7. The Hall–Kier alpha value is -2.86. The monoisotopic (exact) mass is 410 g/mol. The van der Waals surface area contributed by atoms with Crippen molar-refractivity contribution in [2.75, 3.05) is 31.8 Å². The zero-order chi connectivity index (χ0) is 21.7. The summed E-state index contributed by atoms with van der Waals surface area (Å²) in [7, 11) is 1.64. The highest BCUT2D eigenvalue weighted by Gasteiger charge is 2.27. The van der Waals surface area contributed by atoms with Gasteiger partial charge in [-0.25, -0.2) is 0 Å². The number of fused-ring (bicyclic) bond motifs is 1. The van der Waals surface area contributed by atoms with E-state index in [2.05, 4.69) is 26.1 Å². The lowest BCUT2D eigenvalue weighted by Crippen LogP contribution is -2.38. The lowest BCUT2D eigenvalue weighted by Gasteiger charge is -2.31. The number of ether oxygens (including phenoxy) is 2. The molecule has 1 aliphatic heterocycles. The van der Waals surface area contributed by atoms with Gasteiger partial charge in [-0.05, 0) is 47.2 Å². The Morgan fingerprint density at radius 1 is 1.20 bits per heavy atom. The van der Waals surface area contributed by atoms with Gasteiger partial charge in [0.15, 0.2) is 6.61 Å². The average molecular weight is 411 g/mol. The van der Waals surface area contributed by atoms with Crippen LogP contribution in [0.25, 0.3) is 0 Å². The van der Waals surface area contributed by atoms with Crippen molar-refractivity contribution in [3.63, 3.8) is 0 Å². The maximum Gasteiger partial charge on any atom is 0.265 e. The van der Waals surface area contributed by atoms with Crippen LogP contribution >= 0.6 is 0 Å². The highest BCUT2D eigenvalue weighted by molar-refractivity contribution is 5.98. The first-order valence-corrected chi connectivity index (χ1v) is 10.2. The molecule has 0 aromatic heterocycles. The lowest BCUT2D eigenvalue weighted by atomic mass is 9.86. The van der Waals surface area contributed by atoms with Gasteiger partial charge in [-0.3, -0.25) is 9.59 Å². The summed E-state index contributed by atoms with van der Waals surface area (Å²) < 4.78 is 10.6. The Morgan fingerprint density at radius 3 is 2.73 bits per heavy atom. The predicted octanol–water partition coefficient (Wildman–Crippen LogP) is 3.68. The second kappa shape index (κ2) is 9.30. The summed E-state index contributed by atoms with van der Waals surface area (Å²) in [5, 5.41) is 2.89. The van der Waals surface area contributed by atoms with Crippen molar-refractivity contribution in [2.45, 2.75) is 39.2 Å². The van der Waals surface area contributed by atoms with Crippen molar-refractivity contribution in [1.82, 2.24) is 5.32 Å². The molecular weight excluding hydrogens is 380 g/mol. The van der Waals surface area contributed by atoms with Gasteiger partial charge in [0.25, 0.3) is 11.8 Å². The van der Waals surface area contributed by atoms with Gasteiger partial charge >= 0.3 is 0 Å². The zero-order valence-corrected chi connectivity index (χ0v) is 18.2. The number of rotatable bonds is 7. The van der Waals surface area contributed by atoms with Gasteiger partial charge in [-0.15, -0.1) is 0 Å². The largest absolute Gasteiger partial charge is 0.482 e. The molecule has 0 radical (unpaired) electrons. The van der Waals surface area contributed by atoms with Crippen LogP contribution in [0, 0.1) is 0 Å². The van der Waals surface area contributed by atoms with Gasteiger partial charge < -0.3 is 19.7 Å². The minimum atomic E-state index is -0.128. The molecule has 2 aromatic rings. The topological polar surface area (TPSA) is 67.9 Å². The number of nitrogens with zero attached hydrogens (tertiary/aromatic N) is 1. The molecule has 0 atom stereocenters. The second-order valence-electron chi connectivity index (χ2n) is 8.50. The number of carbonyl (C=O) groups is 2. The van der Waals surface area contributed by atoms with Crippen molar-refractivity contribution < 1.29 is 19.1 Å². The molecular formula is C24H30N2O4. The van der Waals surface area contributed by atoms with Crippen LogP contribution in [0.2, 0.25) is 0 Å². The summed E-state index contributed by atoms with van der Waals surface area (Å²) in [4.78, 5) is 26.8. The molecule has 1 heterocycles. The first kappa shape index (κ1) is 21.8. The van der Waals surface area contributed by atoms with Crippen LogP contribution in [-0.2, 0) is 21.5 Å². The Morgan fingerprint density at radius 2 is 2.00 bits per heavy atom. The molecule has 0 saturated carbocycles. The van der Waals surface area contributed by atoms with Crippen molar-refractivity contribution in [1.29, 1.82) is 0 Å². The molecule has 1 aliphatic rings. The highest BCUT2D eigenvalue weighted by atomic mass is 16.5. The summed E-state index contributed by atoms with van der Waals surface area (Å²) in [6, 6.07) is 13.4. The predicted molar refractivity (Wildman–Crippen MR) is 117 cm³/mol. The maximum atomic E-state index is 12.7. The Balaban J connectivity index is 1.80. The Bertz CT molecular complexity index is 918. The molecule has 0 fully saturated rings. The summed E-state index contributed by atoms with van der Waals surface area (Å²) in [6.45, 7) is 7.98. The summed E-state index contributed by atoms with van der Waals surface area (Å²) >= 11 is 0. The molecule has 0 spiro atoms. The van der Waals surface area contributed by atoms with E-state index in [9.17, 15) is 9.59 Å². The fraction of sp³-hybridized carbons (Fsp3) is 0.417. The van der Waals surface area contributed by atoms with Crippen LogP contribution in [0.4, 0.5) is 5.69 Å². The molecule has 2 amide bonds. The van der Waals surface area contributed by atoms with E-state index in [1.165, 1.54) is 0 Å². The van der Waals surface area contributed by atoms with Gasteiger partial charge in [0.05, 0.1) is 12.2 Å². The molecule has 30 heavy (non-hydrogen) atoms. The van der Waals surface area contributed by atoms with Gasteiger partial charge in [-0.2, -0.15) is 0 Å². The summed E-state index contributed by atoms with van der Waals surface area (Å²) in [5.41, 5.74) is 3.33. The first-order chi connectivity index (χ1) is 14.3. The second-order valence-corrected chi connectivity index (χ2v) is 8.50. The smallest absolute Gasteiger partial charge is 0.265 e. The minimum absolute atomic E-state index is 0.0154. The van der Waals surface area contributed by atoms with Crippen molar-refractivity contribution >= 4 is 17.5 Å². The van der Waals surface area contributed by atoms with Gasteiger partial charge in [-0.1, -0.05) is 39.0 Å². The van der Waals surface area contributed by atoms with E-state index in [4.69, 9.17) is 9.47 Å². The molecule has 1 N–H and O–H groups in total. The molecule has 3 rings (SSSR count). The number of hydrogen-bond donors (Lipinski definition) is 1. The molecule has 0 aliphatic carbocycles. The quantitative estimate of drug-likeness (QED) is 0.707. The van der Waals surface area contributed by atoms with E-state index >= 15 is 0 Å². The summed E-state index contributed by atoms with van der Waals surface area (Å²) in [6.07, 6.45) is 0.761. The molecule has 0 saturated heterocycles. The number of methoxy groups -OCH3 is 1. The van der Waals surface area contributed by atoms with Crippen LogP contribution in [0.3, 0.4) is 0 Å². The third kappa shape index (κ3) is 5.19. The standard InChI is InChI=1S/C24H30N2O4/c1-24(2,3)19-9-10-21-20(14-19)26(22(27)16-30-21)15-17-7-5-8-18(13-17)23(28)25-11-6-12-29-4/h5,7-10,13-14H,6,11-12,15-16H2,1-4H3,(H,25,28). The van der Waals surface area contributed by atoms with E-state index in [1.54, 1.807) is 18.1 Å². The molecule has 160 valence electrons. The first-order valence-electron chi connectivity index (χ1n) is 10.2. The van der Waals surface area contributed by atoms with Crippen molar-refractivity contribution in [2.24, 2.45) is 0 Å². The van der Waals surface area contributed by atoms with Crippen LogP contribution < -0.4 is 15.0 Å². The lowest BCUT2D eigenvalue weighted by molar-refractivity contribution is -0.121.